The van der Waals surface area contributed by atoms with Crippen LogP contribution in [0.5, 0.6) is 5.75 Å². The third kappa shape index (κ3) is 4.44. The summed E-state index contributed by atoms with van der Waals surface area (Å²) in [6.45, 7) is 4.40. The van der Waals surface area contributed by atoms with E-state index in [-0.39, 0.29) is 18.2 Å². The first-order chi connectivity index (χ1) is 13.0. The number of hydrogen-bond donors (Lipinski definition) is 1. The molecule has 0 spiro atoms. The van der Waals surface area contributed by atoms with E-state index in [4.69, 9.17) is 4.74 Å². The molecule has 2 aromatic rings. The number of ether oxygens (including phenoxy) is 1. The van der Waals surface area contributed by atoms with Crippen LogP contribution in [-0.4, -0.2) is 35.7 Å². The average Bonchev–Trinajstić information content (AvgIpc) is 3.26. The number of nitrogens with one attached hydrogen (secondary N) is 1. The van der Waals surface area contributed by atoms with Crippen LogP contribution in [0, 0.1) is 12.8 Å². The van der Waals surface area contributed by atoms with Crippen molar-refractivity contribution in [2.45, 2.75) is 39.5 Å². The largest absolute Gasteiger partial charge is 0.495 e. The molecule has 1 aromatic carbocycles. The van der Waals surface area contributed by atoms with E-state index in [0.717, 1.165) is 29.8 Å². The molecule has 1 saturated heterocycles. The van der Waals surface area contributed by atoms with Gasteiger partial charge in [0.2, 0.25) is 16.9 Å². The van der Waals surface area contributed by atoms with E-state index < -0.39 is 5.92 Å². The van der Waals surface area contributed by atoms with Crippen LogP contribution in [0.2, 0.25) is 0 Å². The van der Waals surface area contributed by atoms with E-state index >= 15 is 0 Å². The number of aromatic nitrogens is 2. The van der Waals surface area contributed by atoms with Crippen molar-refractivity contribution in [3.63, 3.8) is 0 Å². The van der Waals surface area contributed by atoms with E-state index in [0.29, 0.717) is 23.1 Å². The number of nitrogens with zero attached hydrogens (tertiary/aromatic N) is 3. The predicted octanol–water partition coefficient (Wildman–Crippen LogP) is 3.19. The molecule has 2 amide bonds. The first kappa shape index (κ1) is 19.3. The SMILES string of the molecule is CCCCc1nnc(NC(=O)C2CC(=O)N(c3cc(C)ccc3OC)C2)s1. The Hall–Kier alpha value is -2.48. The minimum atomic E-state index is -0.425. The molecule has 1 atom stereocenters. The van der Waals surface area contributed by atoms with E-state index in [2.05, 4.69) is 22.4 Å². The molecule has 0 aliphatic carbocycles. The molecule has 1 unspecified atom stereocenters. The Balaban J connectivity index is 1.67. The Bertz CT molecular complexity index is 836. The van der Waals surface area contributed by atoms with Crippen LogP contribution in [0.15, 0.2) is 18.2 Å². The predicted molar refractivity (Wildman–Crippen MR) is 105 cm³/mol. The Morgan fingerprint density at radius 1 is 1.41 bits per heavy atom. The molecule has 3 rings (SSSR count). The fourth-order valence-electron chi connectivity index (χ4n) is 3.07. The summed E-state index contributed by atoms with van der Waals surface area (Å²) in [5.74, 6) is -0.0824. The zero-order valence-corrected chi connectivity index (χ0v) is 16.6. The van der Waals surface area contributed by atoms with Crippen molar-refractivity contribution in [2.75, 3.05) is 23.9 Å². The van der Waals surface area contributed by atoms with Crippen LogP contribution < -0.4 is 15.0 Å². The van der Waals surface area contributed by atoms with Crippen molar-refractivity contribution in [3.8, 4) is 5.75 Å². The lowest BCUT2D eigenvalue weighted by Crippen LogP contribution is -2.28. The van der Waals surface area contributed by atoms with Crippen molar-refractivity contribution in [1.82, 2.24) is 10.2 Å². The number of aryl methyl sites for hydroxylation is 2. The van der Waals surface area contributed by atoms with Crippen LogP contribution in [0.3, 0.4) is 0 Å². The molecule has 0 saturated carbocycles. The summed E-state index contributed by atoms with van der Waals surface area (Å²) in [5, 5.41) is 12.4. The normalized spacial score (nSPS) is 16.6. The van der Waals surface area contributed by atoms with Crippen LogP contribution in [0.25, 0.3) is 0 Å². The first-order valence-corrected chi connectivity index (χ1v) is 9.91. The second-order valence-electron chi connectivity index (χ2n) is 6.67. The van der Waals surface area contributed by atoms with E-state index in [1.807, 2.05) is 25.1 Å². The molecule has 1 aromatic heterocycles. The third-order valence-corrected chi connectivity index (χ3v) is 5.46. The van der Waals surface area contributed by atoms with Crippen LogP contribution >= 0.6 is 11.3 Å². The summed E-state index contributed by atoms with van der Waals surface area (Å²) >= 11 is 1.39. The molecule has 1 N–H and O–H groups in total. The van der Waals surface area contributed by atoms with Gasteiger partial charge in [-0.3, -0.25) is 9.59 Å². The summed E-state index contributed by atoms with van der Waals surface area (Å²) in [6, 6.07) is 5.67. The maximum atomic E-state index is 12.6. The second-order valence-corrected chi connectivity index (χ2v) is 7.74. The van der Waals surface area contributed by atoms with Gasteiger partial charge in [-0.1, -0.05) is 30.7 Å². The standard InChI is InChI=1S/C19H24N4O3S/c1-4-5-6-16-21-22-19(27-16)20-18(25)13-10-17(24)23(11-13)14-9-12(2)7-8-15(14)26-3/h7-9,13H,4-6,10-11H2,1-3H3,(H,20,22,25). The molecule has 8 heteroatoms. The molecule has 1 aliphatic heterocycles. The number of unbranched alkanes of at least 4 members (excludes halogenated alkanes) is 1. The van der Waals surface area contributed by atoms with E-state index in [9.17, 15) is 9.59 Å². The fraction of sp³-hybridized carbons (Fsp3) is 0.474. The molecule has 0 radical (unpaired) electrons. The summed E-state index contributed by atoms with van der Waals surface area (Å²) in [4.78, 5) is 26.7. The van der Waals surface area contributed by atoms with E-state index in [1.54, 1.807) is 12.0 Å². The van der Waals surface area contributed by atoms with E-state index in [1.165, 1.54) is 11.3 Å². The summed E-state index contributed by atoms with van der Waals surface area (Å²) < 4.78 is 5.38. The highest BCUT2D eigenvalue weighted by molar-refractivity contribution is 7.15. The van der Waals surface area contributed by atoms with Crippen LogP contribution in [0.1, 0.15) is 36.8 Å². The lowest BCUT2D eigenvalue weighted by atomic mass is 10.1. The smallest absolute Gasteiger partial charge is 0.231 e. The molecule has 1 fully saturated rings. The van der Waals surface area contributed by atoms with Crippen LogP contribution in [0.4, 0.5) is 10.8 Å². The zero-order valence-electron chi connectivity index (χ0n) is 15.8. The van der Waals surface area contributed by atoms with Gasteiger partial charge in [0.1, 0.15) is 10.8 Å². The minimum absolute atomic E-state index is 0.0834. The monoisotopic (exact) mass is 388 g/mol. The quantitative estimate of drug-likeness (QED) is 0.787. The van der Waals surface area contributed by atoms with Gasteiger partial charge in [-0.2, -0.15) is 0 Å². The number of amides is 2. The number of anilines is 2. The Labute approximate surface area is 162 Å². The van der Waals surface area contributed by atoms with Gasteiger partial charge in [0.25, 0.3) is 0 Å². The number of carbonyl (C=O) groups excluding carboxylic acids is 2. The topological polar surface area (TPSA) is 84.4 Å². The maximum absolute atomic E-state index is 12.6. The molecule has 1 aliphatic rings. The summed E-state index contributed by atoms with van der Waals surface area (Å²) in [5.41, 5.74) is 1.73. The lowest BCUT2D eigenvalue weighted by molar-refractivity contribution is -0.122. The van der Waals surface area contributed by atoms with Gasteiger partial charge in [-0.25, -0.2) is 0 Å². The van der Waals surface area contributed by atoms with Gasteiger partial charge in [-0.15, -0.1) is 10.2 Å². The van der Waals surface area contributed by atoms with Gasteiger partial charge in [0.15, 0.2) is 0 Å². The zero-order chi connectivity index (χ0) is 19.4. The van der Waals surface area contributed by atoms with Gasteiger partial charge in [-0.05, 0) is 31.0 Å². The second kappa shape index (κ2) is 8.47. The van der Waals surface area contributed by atoms with Gasteiger partial charge in [0, 0.05) is 19.4 Å². The van der Waals surface area contributed by atoms with Gasteiger partial charge >= 0.3 is 0 Å². The summed E-state index contributed by atoms with van der Waals surface area (Å²) in [6.07, 6.45) is 3.17. The van der Waals surface area contributed by atoms with Crippen molar-refractivity contribution in [1.29, 1.82) is 0 Å². The number of carbonyl (C=O) groups is 2. The van der Waals surface area contributed by atoms with Gasteiger partial charge < -0.3 is 15.0 Å². The van der Waals surface area contributed by atoms with Crippen molar-refractivity contribution < 1.29 is 14.3 Å². The maximum Gasteiger partial charge on any atom is 0.231 e. The average molecular weight is 388 g/mol. The first-order valence-electron chi connectivity index (χ1n) is 9.10. The van der Waals surface area contributed by atoms with Crippen molar-refractivity contribution >= 4 is 34.0 Å². The Morgan fingerprint density at radius 2 is 2.22 bits per heavy atom. The summed E-state index contributed by atoms with van der Waals surface area (Å²) in [7, 11) is 1.57. The van der Waals surface area contributed by atoms with Crippen LogP contribution in [-0.2, 0) is 16.0 Å². The molecule has 27 heavy (non-hydrogen) atoms. The molecule has 0 bridgehead atoms. The highest BCUT2D eigenvalue weighted by Gasteiger charge is 2.36. The molecule has 144 valence electrons. The molecular weight excluding hydrogens is 364 g/mol. The highest BCUT2D eigenvalue weighted by Crippen LogP contribution is 2.34. The third-order valence-electron chi connectivity index (χ3n) is 4.56. The lowest BCUT2D eigenvalue weighted by Gasteiger charge is -2.20. The molecular formula is C19H24N4O3S. The van der Waals surface area contributed by atoms with Crippen molar-refractivity contribution in [3.05, 3.63) is 28.8 Å². The van der Waals surface area contributed by atoms with Gasteiger partial charge in [0.05, 0.1) is 18.7 Å². The Kier molecular flexibility index (Phi) is 6.05. The van der Waals surface area contributed by atoms with Crippen molar-refractivity contribution in [2.24, 2.45) is 5.92 Å². The number of rotatable bonds is 7. The number of benzene rings is 1. The molecule has 2 heterocycles. The molecule has 7 nitrogen and oxygen atoms in total. The Morgan fingerprint density at radius 3 is 2.96 bits per heavy atom. The number of methoxy groups -OCH3 is 1. The fourth-order valence-corrected chi connectivity index (χ4v) is 3.85. The number of hydrogen-bond acceptors (Lipinski definition) is 6. The minimum Gasteiger partial charge on any atom is -0.495 e. The highest BCUT2D eigenvalue weighted by atomic mass is 32.1.